The Hall–Kier alpha value is -1.75. The van der Waals surface area contributed by atoms with Gasteiger partial charge in [0.15, 0.2) is 0 Å². The third-order valence-corrected chi connectivity index (χ3v) is 4.36. The summed E-state index contributed by atoms with van der Waals surface area (Å²) in [6.45, 7) is 2.61. The molecule has 1 aliphatic carbocycles. The van der Waals surface area contributed by atoms with Crippen molar-refractivity contribution in [2.75, 3.05) is 13.7 Å². The normalized spacial score (nSPS) is 23.0. The van der Waals surface area contributed by atoms with Crippen molar-refractivity contribution >= 4 is 5.97 Å². The van der Waals surface area contributed by atoms with Gasteiger partial charge in [-0.05, 0) is 50.4 Å². The molecule has 116 valence electrons. The maximum Gasteiger partial charge on any atom is 0.306 e. The molecule has 0 aliphatic heterocycles. The van der Waals surface area contributed by atoms with E-state index >= 15 is 0 Å². The fourth-order valence-electron chi connectivity index (χ4n) is 3.05. The predicted molar refractivity (Wildman–Crippen MR) is 79.5 cm³/mol. The van der Waals surface area contributed by atoms with Crippen LogP contribution in [0.3, 0.4) is 0 Å². The smallest absolute Gasteiger partial charge is 0.306 e. The first kappa shape index (κ1) is 15.6. The summed E-state index contributed by atoms with van der Waals surface area (Å²) in [5.74, 6) is 0.134. The van der Waals surface area contributed by atoms with E-state index in [2.05, 4.69) is 5.32 Å². The zero-order chi connectivity index (χ0) is 15.4. The number of rotatable bonds is 6. The van der Waals surface area contributed by atoms with E-state index in [0.717, 1.165) is 24.8 Å². The highest BCUT2D eigenvalue weighted by Gasteiger charge is 2.32. The molecule has 0 spiro atoms. The van der Waals surface area contributed by atoms with Crippen molar-refractivity contribution in [1.29, 1.82) is 0 Å². The third-order valence-electron chi connectivity index (χ3n) is 4.36. The number of phenolic OH excluding ortho intramolecular Hbond substituents is 1. The number of hydrogen-bond acceptors (Lipinski definition) is 4. The molecule has 0 bridgehead atoms. The van der Waals surface area contributed by atoms with Crippen LogP contribution >= 0.6 is 0 Å². The Morgan fingerprint density at radius 2 is 2.24 bits per heavy atom. The van der Waals surface area contributed by atoms with Gasteiger partial charge in [0.05, 0.1) is 13.0 Å². The van der Waals surface area contributed by atoms with Crippen molar-refractivity contribution in [2.24, 2.45) is 11.8 Å². The standard InChI is InChI=1S/C16H23NO4/c1-10(14-8-12(21-2)6-7-15(14)18)17-9-11-4-3-5-13(11)16(19)20/h6-8,10-11,13,17-18H,3-5,9H2,1-2H3,(H,19,20). The highest BCUT2D eigenvalue weighted by atomic mass is 16.5. The first-order valence-corrected chi connectivity index (χ1v) is 7.36. The molecule has 0 heterocycles. The average molecular weight is 293 g/mol. The lowest BCUT2D eigenvalue weighted by molar-refractivity contribution is -0.142. The Labute approximate surface area is 124 Å². The second-order valence-corrected chi connectivity index (χ2v) is 5.69. The van der Waals surface area contributed by atoms with E-state index in [9.17, 15) is 15.0 Å². The van der Waals surface area contributed by atoms with Crippen molar-refractivity contribution < 1.29 is 19.7 Å². The molecule has 1 fully saturated rings. The summed E-state index contributed by atoms with van der Waals surface area (Å²) in [6.07, 6.45) is 2.68. The van der Waals surface area contributed by atoms with Gasteiger partial charge < -0.3 is 20.3 Å². The molecule has 5 heteroatoms. The molecule has 3 N–H and O–H groups in total. The van der Waals surface area contributed by atoms with Gasteiger partial charge in [0.2, 0.25) is 0 Å². The molecule has 1 aromatic carbocycles. The maximum atomic E-state index is 11.2. The number of hydrogen-bond donors (Lipinski definition) is 3. The van der Waals surface area contributed by atoms with Crippen LogP contribution in [0.5, 0.6) is 11.5 Å². The third kappa shape index (κ3) is 3.67. The van der Waals surface area contributed by atoms with Crippen molar-refractivity contribution in [1.82, 2.24) is 5.32 Å². The van der Waals surface area contributed by atoms with Crippen LogP contribution in [0.4, 0.5) is 0 Å². The van der Waals surface area contributed by atoms with Gasteiger partial charge >= 0.3 is 5.97 Å². The monoisotopic (exact) mass is 293 g/mol. The largest absolute Gasteiger partial charge is 0.508 e. The van der Waals surface area contributed by atoms with E-state index in [1.54, 1.807) is 25.3 Å². The minimum Gasteiger partial charge on any atom is -0.508 e. The summed E-state index contributed by atoms with van der Waals surface area (Å²) in [5.41, 5.74) is 0.763. The number of aromatic hydroxyl groups is 1. The second kappa shape index (κ2) is 6.80. The Balaban J connectivity index is 1.98. The van der Waals surface area contributed by atoms with Crippen molar-refractivity contribution in [3.8, 4) is 11.5 Å². The summed E-state index contributed by atoms with van der Waals surface area (Å²) < 4.78 is 5.17. The molecule has 2 rings (SSSR count). The molecule has 0 amide bonds. The van der Waals surface area contributed by atoms with Crippen LogP contribution in [0.2, 0.25) is 0 Å². The zero-order valence-corrected chi connectivity index (χ0v) is 12.5. The predicted octanol–water partition coefficient (Wildman–Crippen LogP) is 2.55. The van der Waals surface area contributed by atoms with E-state index in [1.165, 1.54) is 0 Å². The molecule has 1 aliphatic rings. The van der Waals surface area contributed by atoms with Gasteiger partial charge in [-0.1, -0.05) is 6.42 Å². The number of nitrogens with one attached hydrogen (secondary N) is 1. The van der Waals surface area contributed by atoms with Crippen LogP contribution in [-0.4, -0.2) is 29.8 Å². The van der Waals surface area contributed by atoms with E-state index < -0.39 is 5.97 Å². The highest BCUT2D eigenvalue weighted by Crippen LogP contribution is 2.33. The van der Waals surface area contributed by atoms with Crippen molar-refractivity contribution in [3.05, 3.63) is 23.8 Å². The van der Waals surface area contributed by atoms with Gasteiger partial charge in [0.25, 0.3) is 0 Å². The molecule has 0 aromatic heterocycles. The number of ether oxygens (including phenoxy) is 1. The van der Waals surface area contributed by atoms with Gasteiger partial charge in [0, 0.05) is 11.6 Å². The van der Waals surface area contributed by atoms with Gasteiger partial charge in [-0.25, -0.2) is 0 Å². The topological polar surface area (TPSA) is 78.8 Å². The van der Waals surface area contributed by atoms with Gasteiger partial charge in [0.1, 0.15) is 11.5 Å². The molecule has 3 unspecified atom stereocenters. The number of carbonyl (C=O) groups is 1. The van der Waals surface area contributed by atoms with E-state index in [1.807, 2.05) is 6.92 Å². The van der Waals surface area contributed by atoms with Crippen LogP contribution in [0, 0.1) is 11.8 Å². The number of methoxy groups -OCH3 is 1. The van der Waals surface area contributed by atoms with Crippen LogP contribution in [-0.2, 0) is 4.79 Å². The number of carboxylic acid groups (broad SMARTS) is 1. The quantitative estimate of drug-likeness (QED) is 0.751. The number of carboxylic acids is 1. The molecule has 21 heavy (non-hydrogen) atoms. The van der Waals surface area contributed by atoms with Crippen LogP contribution in [0.25, 0.3) is 0 Å². The van der Waals surface area contributed by atoms with Gasteiger partial charge in [-0.15, -0.1) is 0 Å². The summed E-state index contributed by atoms with van der Waals surface area (Å²) in [6, 6.07) is 5.07. The molecule has 1 aromatic rings. The highest BCUT2D eigenvalue weighted by molar-refractivity contribution is 5.70. The van der Waals surface area contributed by atoms with Crippen molar-refractivity contribution in [3.63, 3.8) is 0 Å². The van der Waals surface area contributed by atoms with Crippen molar-refractivity contribution in [2.45, 2.75) is 32.2 Å². The van der Waals surface area contributed by atoms with E-state index in [4.69, 9.17) is 4.74 Å². The maximum absolute atomic E-state index is 11.2. The summed E-state index contributed by atoms with van der Waals surface area (Å²) in [5, 5.41) is 22.5. The molecule has 0 saturated heterocycles. The van der Waals surface area contributed by atoms with E-state index in [0.29, 0.717) is 12.3 Å². The first-order chi connectivity index (χ1) is 10.0. The Kier molecular flexibility index (Phi) is 5.07. The van der Waals surface area contributed by atoms with Gasteiger partial charge in [-0.3, -0.25) is 4.79 Å². The molecular weight excluding hydrogens is 270 g/mol. The lowest BCUT2D eigenvalue weighted by atomic mass is 9.95. The molecule has 3 atom stereocenters. The average Bonchev–Trinajstić information content (AvgIpc) is 2.94. The Morgan fingerprint density at radius 3 is 2.90 bits per heavy atom. The molecule has 0 radical (unpaired) electrons. The molecular formula is C16H23NO4. The Morgan fingerprint density at radius 1 is 1.48 bits per heavy atom. The summed E-state index contributed by atoms with van der Waals surface area (Å²) in [7, 11) is 1.59. The second-order valence-electron chi connectivity index (χ2n) is 5.69. The number of aliphatic carboxylic acids is 1. The SMILES string of the molecule is COc1ccc(O)c(C(C)NCC2CCCC2C(=O)O)c1. The Bertz CT molecular complexity index is 503. The van der Waals surface area contributed by atoms with Crippen LogP contribution < -0.4 is 10.1 Å². The van der Waals surface area contributed by atoms with Crippen LogP contribution in [0.1, 0.15) is 37.8 Å². The fraction of sp³-hybridized carbons (Fsp3) is 0.562. The number of phenols is 1. The van der Waals surface area contributed by atoms with Crippen LogP contribution in [0.15, 0.2) is 18.2 Å². The number of benzene rings is 1. The zero-order valence-electron chi connectivity index (χ0n) is 12.5. The minimum atomic E-state index is -0.698. The van der Waals surface area contributed by atoms with Gasteiger partial charge in [-0.2, -0.15) is 0 Å². The van der Waals surface area contributed by atoms with E-state index in [-0.39, 0.29) is 23.6 Å². The summed E-state index contributed by atoms with van der Waals surface area (Å²) in [4.78, 5) is 11.2. The minimum absolute atomic E-state index is 0.0601. The molecule has 1 saturated carbocycles. The lowest BCUT2D eigenvalue weighted by Gasteiger charge is -2.21. The lowest BCUT2D eigenvalue weighted by Crippen LogP contribution is -2.30. The summed E-state index contributed by atoms with van der Waals surface area (Å²) >= 11 is 0. The fourth-order valence-corrected chi connectivity index (χ4v) is 3.05. The first-order valence-electron chi connectivity index (χ1n) is 7.36. The molecule has 5 nitrogen and oxygen atoms in total.